The summed E-state index contributed by atoms with van der Waals surface area (Å²) >= 11 is 0. The number of halogens is 1. The minimum Gasteiger partial charge on any atom is -0.318 e. The highest BCUT2D eigenvalue weighted by Gasteiger charge is 1.99. The molecule has 0 aromatic heterocycles. The van der Waals surface area contributed by atoms with E-state index in [1.807, 2.05) is 19.2 Å². The van der Waals surface area contributed by atoms with Gasteiger partial charge in [0.1, 0.15) is 5.82 Å². The quantitative estimate of drug-likeness (QED) is 0.767. The van der Waals surface area contributed by atoms with Gasteiger partial charge in [0, 0.05) is 19.6 Å². The molecule has 0 bridgehead atoms. The molecule has 0 amide bonds. The molecule has 14 heavy (non-hydrogen) atoms. The van der Waals surface area contributed by atoms with Crippen LogP contribution in [0.1, 0.15) is 5.56 Å². The summed E-state index contributed by atoms with van der Waals surface area (Å²) in [7, 11) is 3.99. The van der Waals surface area contributed by atoms with Gasteiger partial charge >= 0.3 is 0 Å². The van der Waals surface area contributed by atoms with Gasteiger partial charge in [0.05, 0.1) is 0 Å². The van der Waals surface area contributed by atoms with Crippen molar-refractivity contribution in [3.8, 4) is 0 Å². The lowest BCUT2D eigenvalue weighted by Crippen LogP contribution is -2.26. The normalized spacial score (nSPS) is 10.9. The van der Waals surface area contributed by atoms with Crippen molar-refractivity contribution in [2.24, 2.45) is 0 Å². The number of benzene rings is 1. The standard InChI is InChI=1S/C11H17FN2/c1-13-7-8-14(2)9-10-3-5-11(12)6-4-10/h3-6,13H,7-9H2,1-2H3. The van der Waals surface area contributed by atoms with Gasteiger partial charge in [0.2, 0.25) is 0 Å². The largest absolute Gasteiger partial charge is 0.318 e. The topological polar surface area (TPSA) is 15.3 Å². The molecule has 0 aliphatic heterocycles. The van der Waals surface area contributed by atoms with E-state index in [0.717, 1.165) is 25.2 Å². The first kappa shape index (κ1) is 11.1. The van der Waals surface area contributed by atoms with Crippen LogP contribution in [0.2, 0.25) is 0 Å². The molecule has 0 unspecified atom stereocenters. The third kappa shape index (κ3) is 3.85. The van der Waals surface area contributed by atoms with Crippen LogP contribution in [0.25, 0.3) is 0 Å². The molecule has 0 heterocycles. The highest BCUT2D eigenvalue weighted by molar-refractivity contribution is 5.15. The summed E-state index contributed by atoms with van der Waals surface area (Å²) in [5.41, 5.74) is 1.14. The van der Waals surface area contributed by atoms with Gasteiger partial charge in [-0.1, -0.05) is 12.1 Å². The first-order chi connectivity index (χ1) is 6.72. The lowest BCUT2D eigenvalue weighted by molar-refractivity contribution is 0.328. The summed E-state index contributed by atoms with van der Waals surface area (Å²) in [6.07, 6.45) is 0. The maximum atomic E-state index is 12.6. The SMILES string of the molecule is CNCCN(C)Cc1ccc(F)cc1. The summed E-state index contributed by atoms with van der Waals surface area (Å²) in [6.45, 7) is 2.83. The van der Waals surface area contributed by atoms with E-state index in [1.54, 1.807) is 0 Å². The van der Waals surface area contributed by atoms with E-state index < -0.39 is 0 Å². The van der Waals surface area contributed by atoms with Crippen molar-refractivity contribution in [1.82, 2.24) is 10.2 Å². The van der Waals surface area contributed by atoms with E-state index in [1.165, 1.54) is 12.1 Å². The van der Waals surface area contributed by atoms with Gasteiger partial charge in [-0.25, -0.2) is 4.39 Å². The fourth-order valence-corrected chi connectivity index (χ4v) is 1.28. The van der Waals surface area contributed by atoms with Gasteiger partial charge < -0.3 is 10.2 Å². The Hall–Kier alpha value is -0.930. The van der Waals surface area contributed by atoms with Crippen molar-refractivity contribution < 1.29 is 4.39 Å². The second kappa shape index (κ2) is 5.73. The van der Waals surface area contributed by atoms with Crippen LogP contribution < -0.4 is 5.32 Å². The molecule has 1 aromatic rings. The van der Waals surface area contributed by atoms with Crippen LogP contribution in [0, 0.1) is 5.82 Å². The van der Waals surface area contributed by atoms with Gasteiger partial charge in [-0.15, -0.1) is 0 Å². The summed E-state index contributed by atoms with van der Waals surface area (Å²) in [4.78, 5) is 2.20. The van der Waals surface area contributed by atoms with Crippen molar-refractivity contribution in [1.29, 1.82) is 0 Å². The molecule has 3 heteroatoms. The zero-order valence-corrected chi connectivity index (χ0v) is 8.76. The van der Waals surface area contributed by atoms with Crippen LogP contribution in [0.15, 0.2) is 24.3 Å². The average molecular weight is 196 g/mol. The predicted molar refractivity (Wildman–Crippen MR) is 56.7 cm³/mol. The van der Waals surface area contributed by atoms with Crippen molar-refractivity contribution in [2.75, 3.05) is 27.2 Å². The summed E-state index contributed by atoms with van der Waals surface area (Å²) in [5.74, 6) is -0.174. The van der Waals surface area contributed by atoms with Crippen LogP contribution in [-0.4, -0.2) is 32.1 Å². The lowest BCUT2D eigenvalue weighted by Gasteiger charge is -2.16. The van der Waals surface area contributed by atoms with E-state index in [-0.39, 0.29) is 5.82 Å². The molecule has 78 valence electrons. The molecule has 0 aliphatic carbocycles. The van der Waals surface area contributed by atoms with Crippen LogP contribution >= 0.6 is 0 Å². The Kier molecular flexibility index (Phi) is 4.56. The smallest absolute Gasteiger partial charge is 0.123 e. The Morgan fingerprint density at radius 3 is 2.50 bits per heavy atom. The molecule has 0 saturated carbocycles. The second-order valence-electron chi connectivity index (χ2n) is 3.47. The Morgan fingerprint density at radius 1 is 1.29 bits per heavy atom. The maximum Gasteiger partial charge on any atom is 0.123 e. The first-order valence-corrected chi connectivity index (χ1v) is 4.80. The lowest BCUT2D eigenvalue weighted by atomic mass is 10.2. The minimum absolute atomic E-state index is 0.174. The third-order valence-corrected chi connectivity index (χ3v) is 2.11. The Balaban J connectivity index is 2.39. The molecule has 1 rings (SSSR count). The van der Waals surface area contributed by atoms with Crippen molar-refractivity contribution in [2.45, 2.75) is 6.54 Å². The Morgan fingerprint density at radius 2 is 1.93 bits per heavy atom. The third-order valence-electron chi connectivity index (χ3n) is 2.11. The van der Waals surface area contributed by atoms with Crippen LogP contribution in [0.4, 0.5) is 4.39 Å². The highest BCUT2D eigenvalue weighted by atomic mass is 19.1. The van der Waals surface area contributed by atoms with Gasteiger partial charge in [0.15, 0.2) is 0 Å². The van der Waals surface area contributed by atoms with Gasteiger partial charge in [-0.2, -0.15) is 0 Å². The molecule has 1 N–H and O–H groups in total. The van der Waals surface area contributed by atoms with Crippen molar-refractivity contribution in [3.05, 3.63) is 35.6 Å². The highest BCUT2D eigenvalue weighted by Crippen LogP contribution is 2.04. The molecular formula is C11H17FN2. The second-order valence-corrected chi connectivity index (χ2v) is 3.47. The molecule has 1 aromatic carbocycles. The summed E-state index contributed by atoms with van der Waals surface area (Å²) in [5, 5.41) is 3.09. The van der Waals surface area contributed by atoms with Gasteiger partial charge in [-0.05, 0) is 31.8 Å². The molecular weight excluding hydrogens is 179 g/mol. The molecule has 0 atom stereocenters. The zero-order valence-electron chi connectivity index (χ0n) is 8.76. The monoisotopic (exact) mass is 196 g/mol. The fraction of sp³-hybridized carbons (Fsp3) is 0.455. The van der Waals surface area contributed by atoms with E-state index >= 15 is 0 Å². The van der Waals surface area contributed by atoms with Crippen LogP contribution in [-0.2, 0) is 6.54 Å². The molecule has 0 radical (unpaired) electrons. The molecule has 0 spiro atoms. The maximum absolute atomic E-state index is 12.6. The van der Waals surface area contributed by atoms with Crippen molar-refractivity contribution in [3.63, 3.8) is 0 Å². The number of likely N-dealkylation sites (N-methyl/N-ethyl adjacent to an activating group) is 2. The fourth-order valence-electron chi connectivity index (χ4n) is 1.28. The van der Waals surface area contributed by atoms with E-state index in [4.69, 9.17) is 0 Å². The number of hydrogen-bond acceptors (Lipinski definition) is 2. The summed E-state index contributed by atoms with van der Waals surface area (Å²) < 4.78 is 12.6. The molecule has 0 fully saturated rings. The summed E-state index contributed by atoms with van der Waals surface area (Å²) in [6, 6.07) is 6.65. The number of hydrogen-bond donors (Lipinski definition) is 1. The zero-order chi connectivity index (χ0) is 10.4. The Labute approximate surface area is 84.7 Å². The van der Waals surface area contributed by atoms with E-state index in [0.29, 0.717) is 0 Å². The molecule has 0 aliphatic rings. The van der Waals surface area contributed by atoms with E-state index in [9.17, 15) is 4.39 Å². The number of nitrogens with one attached hydrogen (secondary N) is 1. The first-order valence-electron chi connectivity index (χ1n) is 4.80. The van der Waals surface area contributed by atoms with Crippen molar-refractivity contribution >= 4 is 0 Å². The number of nitrogens with zero attached hydrogens (tertiary/aromatic N) is 1. The average Bonchev–Trinajstić information content (AvgIpc) is 2.18. The number of rotatable bonds is 5. The molecule has 2 nitrogen and oxygen atoms in total. The van der Waals surface area contributed by atoms with Crippen LogP contribution in [0.3, 0.4) is 0 Å². The Bertz CT molecular complexity index is 258. The minimum atomic E-state index is -0.174. The van der Waals surface area contributed by atoms with Gasteiger partial charge in [0.25, 0.3) is 0 Å². The van der Waals surface area contributed by atoms with Gasteiger partial charge in [-0.3, -0.25) is 0 Å². The van der Waals surface area contributed by atoms with Crippen LogP contribution in [0.5, 0.6) is 0 Å². The molecule has 0 saturated heterocycles. The van der Waals surface area contributed by atoms with E-state index in [2.05, 4.69) is 17.3 Å². The predicted octanol–water partition coefficient (Wildman–Crippen LogP) is 1.48.